The highest BCUT2D eigenvalue weighted by Gasteiger charge is 2.11. The highest BCUT2D eigenvalue weighted by molar-refractivity contribution is 5.93. The number of benzene rings is 2. The van der Waals surface area contributed by atoms with Crippen molar-refractivity contribution in [2.24, 2.45) is 0 Å². The second kappa shape index (κ2) is 5.52. The van der Waals surface area contributed by atoms with Crippen molar-refractivity contribution in [2.45, 2.75) is 13.3 Å². The van der Waals surface area contributed by atoms with Crippen LogP contribution in [-0.4, -0.2) is 11.0 Å². The Kier molecular flexibility index (Phi) is 3.80. The number of hydrogen-bond donors (Lipinski definition) is 2. The number of nitrogens with one attached hydrogen (secondary N) is 1. The highest BCUT2D eigenvalue weighted by Crippen LogP contribution is 2.25. The summed E-state index contributed by atoms with van der Waals surface area (Å²) in [7, 11) is 0. The lowest BCUT2D eigenvalue weighted by molar-refractivity contribution is -0.115. The SMILES string of the molecule is Cc1cccc(CC(=O)Nc2c(O)cccc2F)c1. The van der Waals surface area contributed by atoms with E-state index in [1.165, 1.54) is 18.2 Å². The van der Waals surface area contributed by atoms with E-state index >= 15 is 0 Å². The van der Waals surface area contributed by atoms with Crippen LogP contribution in [0.25, 0.3) is 0 Å². The molecule has 19 heavy (non-hydrogen) atoms. The number of rotatable bonds is 3. The van der Waals surface area contributed by atoms with Gasteiger partial charge in [0.2, 0.25) is 5.91 Å². The molecule has 0 aliphatic rings. The molecule has 98 valence electrons. The molecule has 1 amide bonds. The minimum atomic E-state index is -0.655. The molecule has 0 fully saturated rings. The van der Waals surface area contributed by atoms with Gasteiger partial charge in [0.15, 0.2) is 5.82 Å². The Balaban J connectivity index is 2.10. The van der Waals surface area contributed by atoms with Crippen LogP contribution in [-0.2, 0) is 11.2 Å². The number of carbonyl (C=O) groups excluding carboxylic acids is 1. The zero-order valence-electron chi connectivity index (χ0n) is 10.5. The Morgan fingerprint density at radius 2 is 2.00 bits per heavy atom. The van der Waals surface area contributed by atoms with Crippen molar-refractivity contribution < 1.29 is 14.3 Å². The van der Waals surface area contributed by atoms with Crippen molar-refractivity contribution in [1.29, 1.82) is 0 Å². The van der Waals surface area contributed by atoms with Crippen molar-refractivity contribution >= 4 is 11.6 Å². The van der Waals surface area contributed by atoms with Gasteiger partial charge in [0.25, 0.3) is 0 Å². The van der Waals surface area contributed by atoms with Gasteiger partial charge < -0.3 is 10.4 Å². The maximum Gasteiger partial charge on any atom is 0.228 e. The van der Waals surface area contributed by atoms with Gasteiger partial charge >= 0.3 is 0 Å². The average molecular weight is 259 g/mol. The second-order valence-corrected chi connectivity index (χ2v) is 4.35. The molecule has 0 radical (unpaired) electrons. The normalized spacial score (nSPS) is 10.2. The summed E-state index contributed by atoms with van der Waals surface area (Å²) >= 11 is 0. The standard InChI is InChI=1S/C15H14FNO2/c1-10-4-2-5-11(8-10)9-14(19)17-15-12(16)6-3-7-13(15)18/h2-8,18H,9H2,1H3,(H,17,19). The first-order valence-corrected chi connectivity index (χ1v) is 5.89. The Labute approximate surface area is 110 Å². The molecular formula is C15H14FNO2. The predicted molar refractivity (Wildman–Crippen MR) is 71.6 cm³/mol. The Bertz CT molecular complexity index is 591. The molecular weight excluding hydrogens is 245 g/mol. The average Bonchev–Trinajstić information content (AvgIpc) is 2.34. The van der Waals surface area contributed by atoms with Crippen LogP contribution in [0.2, 0.25) is 0 Å². The molecule has 2 aromatic carbocycles. The second-order valence-electron chi connectivity index (χ2n) is 4.35. The van der Waals surface area contributed by atoms with E-state index in [0.717, 1.165) is 11.1 Å². The Hall–Kier alpha value is -2.36. The van der Waals surface area contributed by atoms with Gasteiger partial charge in [0.1, 0.15) is 11.4 Å². The van der Waals surface area contributed by atoms with E-state index in [4.69, 9.17) is 0 Å². The quantitative estimate of drug-likeness (QED) is 0.832. The van der Waals surface area contributed by atoms with Gasteiger partial charge in [-0.05, 0) is 24.6 Å². The van der Waals surface area contributed by atoms with E-state index in [1.54, 1.807) is 0 Å². The monoisotopic (exact) mass is 259 g/mol. The molecule has 0 aromatic heterocycles. The van der Waals surface area contributed by atoms with E-state index in [1.807, 2.05) is 31.2 Å². The Morgan fingerprint density at radius 3 is 2.68 bits per heavy atom. The first kappa shape index (κ1) is 13.1. The molecule has 2 rings (SSSR count). The number of phenolic OH excluding ortho intramolecular Hbond substituents is 1. The van der Waals surface area contributed by atoms with Crippen LogP contribution < -0.4 is 5.32 Å². The van der Waals surface area contributed by atoms with Crippen LogP contribution >= 0.6 is 0 Å². The van der Waals surface area contributed by atoms with Gasteiger partial charge in [-0.2, -0.15) is 0 Å². The molecule has 0 saturated carbocycles. The number of aromatic hydroxyl groups is 1. The molecule has 0 atom stereocenters. The van der Waals surface area contributed by atoms with Gasteiger partial charge in [-0.3, -0.25) is 4.79 Å². The molecule has 2 N–H and O–H groups in total. The summed E-state index contributed by atoms with van der Waals surface area (Å²) in [6.07, 6.45) is 0.134. The maximum absolute atomic E-state index is 13.4. The van der Waals surface area contributed by atoms with Gasteiger partial charge in [-0.1, -0.05) is 35.9 Å². The predicted octanol–water partition coefficient (Wildman–Crippen LogP) is 3.02. The van der Waals surface area contributed by atoms with Crippen molar-refractivity contribution in [3.8, 4) is 5.75 Å². The number of para-hydroxylation sites is 1. The smallest absolute Gasteiger partial charge is 0.228 e. The fraction of sp³-hybridized carbons (Fsp3) is 0.133. The van der Waals surface area contributed by atoms with Gasteiger partial charge in [0.05, 0.1) is 6.42 Å². The third kappa shape index (κ3) is 3.31. The van der Waals surface area contributed by atoms with E-state index in [0.29, 0.717) is 0 Å². The van der Waals surface area contributed by atoms with Gasteiger partial charge in [0, 0.05) is 0 Å². The largest absolute Gasteiger partial charge is 0.506 e. The number of anilines is 1. The lowest BCUT2D eigenvalue weighted by Gasteiger charge is -2.08. The Morgan fingerprint density at radius 1 is 1.26 bits per heavy atom. The van der Waals surface area contributed by atoms with Crippen molar-refractivity contribution in [1.82, 2.24) is 0 Å². The summed E-state index contributed by atoms with van der Waals surface area (Å²) in [5.74, 6) is -1.30. The number of phenols is 1. The fourth-order valence-electron chi connectivity index (χ4n) is 1.83. The summed E-state index contributed by atoms with van der Waals surface area (Å²) in [4.78, 5) is 11.8. The van der Waals surface area contributed by atoms with E-state index in [9.17, 15) is 14.3 Å². The maximum atomic E-state index is 13.4. The van der Waals surface area contributed by atoms with Gasteiger partial charge in [-0.15, -0.1) is 0 Å². The van der Waals surface area contributed by atoms with Crippen LogP contribution in [0.4, 0.5) is 10.1 Å². The van der Waals surface area contributed by atoms with Crippen molar-refractivity contribution in [2.75, 3.05) is 5.32 Å². The number of hydrogen-bond acceptors (Lipinski definition) is 2. The molecule has 0 heterocycles. The molecule has 0 spiro atoms. The lowest BCUT2D eigenvalue weighted by Crippen LogP contribution is -2.15. The van der Waals surface area contributed by atoms with Crippen LogP contribution in [0.15, 0.2) is 42.5 Å². The third-order valence-corrected chi connectivity index (χ3v) is 2.70. The summed E-state index contributed by atoms with van der Waals surface area (Å²) < 4.78 is 13.4. The topological polar surface area (TPSA) is 49.3 Å². The molecule has 2 aromatic rings. The number of carbonyl (C=O) groups is 1. The van der Waals surface area contributed by atoms with E-state index in [-0.39, 0.29) is 23.8 Å². The third-order valence-electron chi connectivity index (χ3n) is 2.70. The molecule has 4 heteroatoms. The van der Waals surface area contributed by atoms with E-state index < -0.39 is 5.82 Å². The summed E-state index contributed by atoms with van der Waals surface area (Å²) in [6, 6.07) is 11.4. The first-order chi connectivity index (χ1) is 9.06. The van der Waals surface area contributed by atoms with Crippen LogP contribution in [0.5, 0.6) is 5.75 Å². The summed E-state index contributed by atoms with van der Waals surface area (Å²) in [5, 5.41) is 11.9. The molecule has 0 unspecified atom stereocenters. The molecule has 0 aliphatic carbocycles. The summed E-state index contributed by atoms with van der Waals surface area (Å²) in [6.45, 7) is 1.93. The van der Waals surface area contributed by atoms with Crippen LogP contribution in [0.1, 0.15) is 11.1 Å². The van der Waals surface area contributed by atoms with Crippen LogP contribution in [0, 0.1) is 12.7 Å². The first-order valence-electron chi connectivity index (χ1n) is 5.89. The minimum Gasteiger partial charge on any atom is -0.506 e. The number of halogens is 1. The zero-order chi connectivity index (χ0) is 13.8. The van der Waals surface area contributed by atoms with Crippen LogP contribution in [0.3, 0.4) is 0 Å². The number of amides is 1. The number of aryl methyl sites for hydroxylation is 1. The molecule has 0 aliphatic heterocycles. The van der Waals surface area contributed by atoms with Crippen molar-refractivity contribution in [3.63, 3.8) is 0 Å². The lowest BCUT2D eigenvalue weighted by atomic mass is 10.1. The minimum absolute atomic E-state index is 0.134. The summed E-state index contributed by atoms with van der Waals surface area (Å²) in [5.41, 5.74) is 1.72. The molecule has 0 bridgehead atoms. The van der Waals surface area contributed by atoms with Gasteiger partial charge in [-0.25, -0.2) is 4.39 Å². The van der Waals surface area contributed by atoms with E-state index in [2.05, 4.69) is 5.32 Å². The molecule has 0 saturated heterocycles. The highest BCUT2D eigenvalue weighted by atomic mass is 19.1. The van der Waals surface area contributed by atoms with Crippen molar-refractivity contribution in [3.05, 3.63) is 59.4 Å². The fourth-order valence-corrected chi connectivity index (χ4v) is 1.83. The molecule has 3 nitrogen and oxygen atoms in total. The zero-order valence-corrected chi connectivity index (χ0v) is 10.5.